The zero-order chi connectivity index (χ0) is 13.8. The first-order valence-electron chi connectivity index (χ1n) is 6.95. The molecule has 0 radical (unpaired) electrons. The van der Waals surface area contributed by atoms with E-state index in [0.717, 1.165) is 37.3 Å². The van der Waals surface area contributed by atoms with Gasteiger partial charge in [0.25, 0.3) is 0 Å². The molecular formula is C16H18FN3. The molecule has 1 aromatic heterocycles. The van der Waals surface area contributed by atoms with Gasteiger partial charge in [0.2, 0.25) is 0 Å². The molecule has 0 amide bonds. The predicted octanol–water partition coefficient (Wildman–Crippen LogP) is 2.22. The quantitative estimate of drug-likeness (QED) is 0.927. The molecule has 1 aliphatic rings. The van der Waals surface area contributed by atoms with Crippen molar-refractivity contribution in [1.29, 1.82) is 0 Å². The van der Waals surface area contributed by atoms with Gasteiger partial charge in [0.1, 0.15) is 5.82 Å². The van der Waals surface area contributed by atoms with Gasteiger partial charge in [-0.2, -0.15) is 0 Å². The molecule has 2 heterocycles. The van der Waals surface area contributed by atoms with E-state index in [9.17, 15) is 4.39 Å². The van der Waals surface area contributed by atoms with Gasteiger partial charge in [0.05, 0.1) is 6.04 Å². The molecule has 1 unspecified atom stereocenters. The van der Waals surface area contributed by atoms with Crippen LogP contribution in [0.4, 0.5) is 4.39 Å². The van der Waals surface area contributed by atoms with E-state index in [4.69, 9.17) is 0 Å². The summed E-state index contributed by atoms with van der Waals surface area (Å²) in [4.78, 5) is 6.50. The SMILES string of the molecule is Fc1ccccc1C(c1cccnc1)N1CCNCC1. The molecule has 0 saturated carbocycles. The Bertz CT molecular complexity index is 553. The van der Waals surface area contributed by atoms with E-state index in [1.54, 1.807) is 12.3 Å². The van der Waals surface area contributed by atoms with Crippen molar-refractivity contribution in [2.45, 2.75) is 6.04 Å². The van der Waals surface area contributed by atoms with E-state index >= 15 is 0 Å². The summed E-state index contributed by atoms with van der Waals surface area (Å²) in [5, 5.41) is 3.34. The van der Waals surface area contributed by atoms with E-state index in [0.29, 0.717) is 0 Å². The molecule has 2 aromatic rings. The molecule has 1 aromatic carbocycles. The standard InChI is InChI=1S/C16H18FN3/c17-15-6-2-1-5-14(15)16(13-4-3-7-19-12-13)20-10-8-18-9-11-20/h1-7,12,16,18H,8-11H2. The zero-order valence-corrected chi connectivity index (χ0v) is 11.3. The van der Waals surface area contributed by atoms with Crippen LogP contribution in [-0.4, -0.2) is 36.1 Å². The van der Waals surface area contributed by atoms with Gasteiger partial charge in [-0.3, -0.25) is 9.88 Å². The molecule has 104 valence electrons. The molecule has 4 heteroatoms. The molecule has 20 heavy (non-hydrogen) atoms. The molecule has 0 bridgehead atoms. The lowest BCUT2D eigenvalue weighted by Crippen LogP contribution is -2.45. The first-order chi connectivity index (χ1) is 9.86. The maximum Gasteiger partial charge on any atom is 0.128 e. The Morgan fingerprint density at radius 1 is 1.10 bits per heavy atom. The highest BCUT2D eigenvalue weighted by molar-refractivity contribution is 5.31. The largest absolute Gasteiger partial charge is 0.314 e. The molecular weight excluding hydrogens is 253 g/mol. The summed E-state index contributed by atoms with van der Waals surface area (Å²) in [5.41, 5.74) is 1.77. The smallest absolute Gasteiger partial charge is 0.128 e. The summed E-state index contributed by atoms with van der Waals surface area (Å²) in [7, 11) is 0. The Balaban J connectivity index is 2.01. The minimum absolute atomic E-state index is 0.0630. The number of aromatic nitrogens is 1. The number of halogens is 1. The monoisotopic (exact) mass is 271 g/mol. The van der Waals surface area contributed by atoms with Crippen LogP contribution in [0.3, 0.4) is 0 Å². The molecule has 3 nitrogen and oxygen atoms in total. The number of benzene rings is 1. The van der Waals surface area contributed by atoms with Crippen molar-refractivity contribution in [3.63, 3.8) is 0 Å². The normalized spacial score (nSPS) is 17.9. The number of piperazine rings is 1. The zero-order valence-electron chi connectivity index (χ0n) is 11.3. The van der Waals surface area contributed by atoms with Crippen LogP contribution in [0.25, 0.3) is 0 Å². The van der Waals surface area contributed by atoms with Crippen molar-refractivity contribution in [2.24, 2.45) is 0 Å². The fraction of sp³-hybridized carbons (Fsp3) is 0.312. The van der Waals surface area contributed by atoms with E-state index in [2.05, 4.69) is 15.2 Å². The van der Waals surface area contributed by atoms with Crippen LogP contribution in [0.1, 0.15) is 17.2 Å². The predicted molar refractivity (Wildman–Crippen MR) is 76.9 cm³/mol. The molecule has 1 saturated heterocycles. The van der Waals surface area contributed by atoms with Gasteiger partial charge in [-0.05, 0) is 17.7 Å². The maximum absolute atomic E-state index is 14.2. The van der Waals surface area contributed by atoms with Crippen LogP contribution in [0.2, 0.25) is 0 Å². The van der Waals surface area contributed by atoms with Crippen LogP contribution in [0, 0.1) is 5.82 Å². The first-order valence-corrected chi connectivity index (χ1v) is 6.95. The third-order valence-electron chi connectivity index (χ3n) is 3.72. The lowest BCUT2D eigenvalue weighted by molar-refractivity contribution is 0.195. The highest BCUT2D eigenvalue weighted by Gasteiger charge is 2.25. The van der Waals surface area contributed by atoms with Crippen molar-refractivity contribution >= 4 is 0 Å². The number of nitrogens with zero attached hydrogens (tertiary/aromatic N) is 2. The molecule has 0 aliphatic carbocycles. The minimum atomic E-state index is -0.153. The van der Waals surface area contributed by atoms with Gasteiger partial charge in [-0.1, -0.05) is 24.3 Å². The molecule has 1 atom stereocenters. The van der Waals surface area contributed by atoms with Gasteiger partial charge in [0.15, 0.2) is 0 Å². The lowest BCUT2D eigenvalue weighted by Gasteiger charge is -2.35. The molecule has 1 fully saturated rings. The van der Waals surface area contributed by atoms with E-state index in [-0.39, 0.29) is 11.9 Å². The fourth-order valence-electron chi connectivity index (χ4n) is 2.76. The second-order valence-electron chi connectivity index (χ2n) is 5.00. The summed E-state index contributed by atoms with van der Waals surface area (Å²) in [6.07, 6.45) is 3.58. The third-order valence-corrected chi connectivity index (χ3v) is 3.72. The summed E-state index contributed by atoms with van der Waals surface area (Å²) in [5.74, 6) is -0.153. The summed E-state index contributed by atoms with van der Waals surface area (Å²) >= 11 is 0. The van der Waals surface area contributed by atoms with Gasteiger partial charge in [-0.15, -0.1) is 0 Å². The third kappa shape index (κ3) is 2.71. The number of hydrogen-bond acceptors (Lipinski definition) is 3. The number of hydrogen-bond donors (Lipinski definition) is 1. The van der Waals surface area contributed by atoms with Crippen LogP contribution in [0.15, 0.2) is 48.8 Å². The van der Waals surface area contributed by atoms with Gasteiger partial charge in [-0.25, -0.2) is 4.39 Å². The summed E-state index contributed by atoms with van der Waals surface area (Å²) < 4.78 is 14.2. The number of rotatable bonds is 3. The van der Waals surface area contributed by atoms with Gasteiger partial charge < -0.3 is 5.32 Å². The number of nitrogens with one attached hydrogen (secondary N) is 1. The second kappa shape index (κ2) is 6.11. The Hall–Kier alpha value is -1.78. The fourth-order valence-corrected chi connectivity index (χ4v) is 2.76. The van der Waals surface area contributed by atoms with Crippen LogP contribution >= 0.6 is 0 Å². The van der Waals surface area contributed by atoms with Crippen LogP contribution in [0.5, 0.6) is 0 Å². The Morgan fingerprint density at radius 3 is 2.60 bits per heavy atom. The topological polar surface area (TPSA) is 28.2 Å². The van der Waals surface area contributed by atoms with Crippen molar-refractivity contribution in [1.82, 2.24) is 15.2 Å². The van der Waals surface area contributed by atoms with Crippen LogP contribution in [-0.2, 0) is 0 Å². The highest BCUT2D eigenvalue weighted by Crippen LogP contribution is 2.30. The van der Waals surface area contributed by atoms with Gasteiger partial charge in [0, 0.05) is 44.1 Å². The maximum atomic E-state index is 14.2. The Labute approximate surface area is 118 Å². The average Bonchev–Trinajstić information content (AvgIpc) is 2.52. The first kappa shape index (κ1) is 13.2. The lowest BCUT2D eigenvalue weighted by atomic mass is 9.97. The van der Waals surface area contributed by atoms with Crippen molar-refractivity contribution < 1.29 is 4.39 Å². The molecule has 1 aliphatic heterocycles. The molecule has 1 N–H and O–H groups in total. The highest BCUT2D eigenvalue weighted by atomic mass is 19.1. The Kier molecular flexibility index (Phi) is 4.04. The second-order valence-corrected chi connectivity index (χ2v) is 5.00. The average molecular weight is 271 g/mol. The molecule has 0 spiro atoms. The van der Waals surface area contributed by atoms with Gasteiger partial charge >= 0.3 is 0 Å². The van der Waals surface area contributed by atoms with Crippen LogP contribution < -0.4 is 5.32 Å². The summed E-state index contributed by atoms with van der Waals surface area (Å²) in [6, 6.07) is 10.9. The van der Waals surface area contributed by atoms with E-state index in [1.807, 2.05) is 30.5 Å². The van der Waals surface area contributed by atoms with Crippen molar-refractivity contribution in [2.75, 3.05) is 26.2 Å². The van der Waals surface area contributed by atoms with E-state index < -0.39 is 0 Å². The van der Waals surface area contributed by atoms with E-state index in [1.165, 1.54) is 6.07 Å². The summed E-state index contributed by atoms with van der Waals surface area (Å²) in [6.45, 7) is 3.69. The van der Waals surface area contributed by atoms with Crippen molar-refractivity contribution in [3.05, 3.63) is 65.7 Å². The minimum Gasteiger partial charge on any atom is -0.314 e. The number of pyridine rings is 1. The Morgan fingerprint density at radius 2 is 1.90 bits per heavy atom. The van der Waals surface area contributed by atoms with Crippen molar-refractivity contribution in [3.8, 4) is 0 Å². The molecule has 3 rings (SSSR count).